The minimum atomic E-state index is -1.29. The predicted molar refractivity (Wildman–Crippen MR) is 48.1 cm³/mol. The average Bonchev–Trinajstić information content (AvgIpc) is 2.17. The van der Waals surface area contributed by atoms with Crippen molar-refractivity contribution in [2.75, 3.05) is 6.61 Å². The number of aliphatic hydroxyl groups is 1. The molecule has 0 fully saturated rings. The summed E-state index contributed by atoms with van der Waals surface area (Å²) in [4.78, 5) is 21.1. The Morgan fingerprint density at radius 3 is 2.36 bits per heavy atom. The summed E-state index contributed by atoms with van der Waals surface area (Å²) in [6.07, 6.45) is 0.651. The van der Waals surface area contributed by atoms with Crippen LogP contribution in [0.2, 0.25) is 0 Å². The zero-order valence-electron chi connectivity index (χ0n) is 7.64. The van der Waals surface area contributed by atoms with Gasteiger partial charge in [0.2, 0.25) is 6.29 Å². The second-order valence-electron chi connectivity index (χ2n) is 2.26. The molecule has 5 heteroatoms. The first-order valence-electron chi connectivity index (χ1n) is 3.90. The van der Waals surface area contributed by atoms with Crippen LogP contribution in [0.3, 0.4) is 0 Å². The fourth-order valence-corrected chi connectivity index (χ4v) is 0.560. The topological polar surface area (TPSA) is 72.8 Å². The predicted octanol–water partition coefficient (Wildman–Crippen LogP) is 0.153. The minimum Gasteiger partial charge on any atom is -0.462 e. The molecule has 0 bridgehead atoms. The summed E-state index contributed by atoms with van der Waals surface area (Å²) in [6, 6.07) is 0. The van der Waals surface area contributed by atoms with Gasteiger partial charge in [0.05, 0.1) is 6.61 Å². The highest BCUT2D eigenvalue weighted by molar-refractivity contribution is 5.81. The number of ether oxygens (including phenoxy) is 2. The van der Waals surface area contributed by atoms with Crippen molar-refractivity contribution in [1.29, 1.82) is 0 Å². The van der Waals surface area contributed by atoms with Crippen molar-refractivity contribution in [3.8, 4) is 0 Å². The number of rotatable bonds is 6. The maximum Gasteiger partial charge on any atom is 0.332 e. The fraction of sp³-hybridized carbons (Fsp3) is 0.333. The molecule has 0 amide bonds. The molecular formula is C9H12O5. The number of hydrogen-bond donors (Lipinski definition) is 1. The summed E-state index contributed by atoms with van der Waals surface area (Å²) in [6.45, 7) is 6.29. The molecule has 0 rings (SSSR count). The van der Waals surface area contributed by atoms with Crippen LogP contribution in [-0.2, 0) is 19.1 Å². The van der Waals surface area contributed by atoms with Crippen molar-refractivity contribution < 1.29 is 24.2 Å². The van der Waals surface area contributed by atoms with Gasteiger partial charge in [-0.2, -0.15) is 0 Å². The van der Waals surface area contributed by atoms with Gasteiger partial charge in [-0.25, -0.2) is 9.59 Å². The van der Waals surface area contributed by atoms with Crippen molar-refractivity contribution >= 4 is 11.9 Å². The molecule has 78 valence electrons. The van der Waals surface area contributed by atoms with E-state index in [1.54, 1.807) is 0 Å². The zero-order valence-corrected chi connectivity index (χ0v) is 7.64. The molecule has 0 spiro atoms. The third-order valence-electron chi connectivity index (χ3n) is 1.19. The third-order valence-corrected chi connectivity index (χ3v) is 1.19. The number of carbonyl (C=O) groups excluding carboxylic acids is 2. The van der Waals surface area contributed by atoms with Crippen LogP contribution in [-0.4, -0.2) is 29.9 Å². The molecule has 0 aromatic heterocycles. The second-order valence-corrected chi connectivity index (χ2v) is 2.26. The summed E-state index contributed by atoms with van der Waals surface area (Å²) in [7, 11) is 0. The van der Waals surface area contributed by atoms with Gasteiger partial charge < -0.3 is 14.6 Å². The van der Waals surface area contributed by atoms with Crippen LogP contribution >= 0.6 is 0 Å². The molecule has 0 aliphatic rings. The molecule has 0 saturated carbocycles. The van der Waals surface area contributed by atoms with Crippen molar-refractivity contribution in [2.24, 2.45) is 0 Å². The highest BCUT2D eigenvalue weighted by atomic mass is 16.6. The standard InChI is InChI=1S/C9H12O5/c1-3-7(10)13-6-5-9(12)14-8(11)4-2/h3-4,9,12H,1-2,5-6H2. The van der Waals surface area contributed by atoms with E-state index in [1.165, 1.54) is 0 Å². The molecule has 1 unspecified atom stereocenters. The Labute approximate surface area is 81.6 Å². The molecule has 0 aromatic rings. The van der Waals surface area contributed by atoms with E-state index in [-0.39, 0.29) is 13.0 Å². The van der Waals surface area contributed by atoms with E-state index < -0.39 is 18.2 Å². The number of esters is 2. The summed E-state index contributed by atoms with van der Waals surface area (Å²) in [5, 5.41) is 9.03. The van der Waals surface area contributed by atoms with Crippen LogP contribution in [0.5, 0.6) is 0 Å². The van der Waals surface area contributed by atoms with Gasteiger partial charge in [0.25, 0.3) is 0 Å². The second kappa shape index (κ2) is 6.85. The molecule has 1 atom stereocenters. The minimum absolute atomic E-state index is 0.0131. The van der Waals surface area contributed by atoms with E-state index in [2.05, 4.69) is 22.6 Å². The van der Waals surface area contributed by atoms with Gasteiger partial charge >= 0.3 is 11.9 Å². The SMILES string of the molecule is C=CC(=O)OCCC(O)OC(=O)C=C. The van der Waals surface area contributed by atoms with Crippen molar-refractivity contribution in [1.82, 2.24) is 0 Å². The molecule has 5 nitrogen and oxygen atoms in total. The Kier molecular flexibility index (Phi) is 6.06. The number of aliphatic hydroxyl groups excluding tert-OH is 1. The van der Waals surface area contributed by atoms with Gasteiger partial charge in [0, 0.05) is 18.6 Å². The van der Waals surface area contributed by atoms with Gasteiger partial charge in [-0.1, -0.05) is 13.2 Å². The average molecular weight is 200 g/mol. The number of carbonyl (C=O) groups is 2. The van der Waals surface area contributed by atoms with E-state index in [1.807, 2.05) is 0 Å². The molecule has 0 radical (unpaired) electrons. The summed E-state index contributed by atoms with van der Waals surface area (Å²) in [5.41, 5.74) is 0. The Bertz CT molecular complexity index is 233. The lowest BCUT2D eigenvalue weighted by atomic mass is 10.4. The highest BCUT2D eigenvalue weighted by Crippen LogP contribution is 1.96. The maximum absolute atomic E-state index is 10.6. The summed E-state index contributed by atoms with van der Waals surface area (Å²) >= 11 is 0. The fourth-order valence-electron chi connectivity index (χ4n) is 0.560. The van der Waals surface area contributed by atoms with Crippen LogP contribution in [0.25, 0.3) is 0 Å². The van der Waals surface area contributed by atoms with Crippen LogP contribution in [0.15, 0.2) is 25.3 Å². The smallest absolute Gasteiger partial charge is 0.332 e. The Morgan fingerprint density at radius 2 is 1.86 bits per heavy atom. The molecule has 0 aromatic carbocycles. The first-order chi connectivity index (χ1) is 6.60. The molecule has 14 heavy (non-hydrogen) atoms. The lowest BCUT2D eigenvalue weighted by Gasteiger charge is -2.09. The van der Waals surface area contributed by atoms with E-state index in [0.717, 1.165) is 12.2 Å². The van der Waals surface area contributed by atoms with Crippen molar-refractivity contribution in [2.45, 2.75) is 12.7 Å². The van der Waals surface area contributed by atoms with Gasteiger partial charge in [-0.3, -0.25) is 0 Å². The Balaban J connectivity index is 3.58. The van der Waals surface area contributed by atoms with E-state index in [0.29, 0.717) is 0 Å². The van der Waals surface area contributed by atoms with Crippen LogP contribution in [0.4, 0.5) is 0 Å². The third kappa shape index (κ3) is 5.96. The van der Waals surface area contributed by atoms with Gasteiger partial charge in [-0.05, 0) is 0 Å². The van der Waals surface area contributed by atoms with Gasteiger partial charge in [0.15, 0.2) is 0 Å². The van der Waals surface area contributed by atoms with Gasteiger partial charge in [0.1, 0.15) is 0 Å². The monoisotopic (exact) mass is 200 g/mol. The lowest BCUT2D eigenvalue weighted by Crippen LogP contribution is -2.18. The van der Waals surface area contributed by atoms with E-state index in [4.69, 9.17) is 5.11 Å². The molecular weight excluding hydrogens is 188 g/mol. The Hall–Kier alpha value is -1.62. The largest absolute Gasteiger partial charge is 0.462 e. The molecule has 1 N–H and O–H groups in total. The van der Waals surface area contributed by atoms with E-state index in [9.17, 15) is 9.59 Å². The van der Waals surface area contributed by atoms with Crippen molar-refractivity contribution in [3.63, 3.8) is 0 Å². The first kappa shape index (κ1) is 12.4. The normalized spacial score (nSPS) is 11.2. The molecule has 0 aliphatic heterocycles. The lowest BCUT2D eigenvalue weighted by molar-refractivity contribution is -0.164. The quantitative estimate of drug-likeness (QED) is 0.375. The maximum atomic E-state index is 10.6. The van der Waals surface area contributed by atoms with Crippen molar-refractivity contribution in [3.05, 3.63) is 25.3 Å². The molecule has 0 aliphatic carbocycles. The first-order valence-corrected chi connectivity index (χ1v) is 3.90. The zero-order chi connectivity index (χ0) is 11.0. The Morgan fingerprint density at radius 1 is 1.29 bits per heavy atom. The summed E-state index contributed by atoms with van der Waals surface area (Å²) < 4.78 is 8.94. The van der Waals surface area contributed by atoms with Crippen LogP contribution in [0.1, 0.15) is 6.42 Å². The molecule has 0 saturated heterocycles. The van der Waals surface area contributed by atoms with E-state index >= 15 is 0 Å². The highest BCUT2D eigenvalue weighted by Gasteiger charge is 2.08. The van der Waals surface area contributed by atoms with Crippen LogP contribution in [0, 0.1) is 0 Å². The molecule has 0 heterocycles. The van der Waals surface area contributed by atoms with Gasteiger partial charge in [-0.15, -0.1) is 0 Å². The number of hydrogen-bond acceptors (Lipinski definition) is 5. The van der Waals surface area contributed by atoms with Crippen LogP contribution < -0.4 is 0 Å². The summed E-state index contributed by atoms with van der Waals surface area (Å²) in [5.74, 6) is -1.32.